The Hall–Kier alpha value is 0.0500. The number of hydrogen-bond acceptors (Lipinski definition) is 2. The van der Waals surface area contributed by atoms with Crippen LogP contribution < -0.4 is 0 Å². The maximum absolute atomic E-state index is 6.67. The van der Waals surface area contributed by atoms with Crippen LogP contribution in [-0.2, 0) is 0 Å². The number of hydrogen-bond donors (Lipinski definition) is 1. The van der Waals surface area contributed by atoms with Crippen LogP contribution in [0.25, 0.3) is 0 Å². The molecule has 0 aromatic rings. The van der Waals surface area contributed by atoms with Crippen LogP contribution in [0.2, 0.25) is 0 Å². The molecular weight excluding hydrogens is 130 g/mol. The van der Waals surface area contributed by atoms with Crippen LogP contribution in [0.1, 0.15) is 6.92 Å². The predicted molar refractivity (Wildman–Crippen MR) is 36.0 cm³/mol. The van der Waals surface area contributed by atoms with Gasteiger partial charge in [-0.1, -0.05) is 29.4 Å². The van der Waals surface area contributed by atoms with Gasteiger partial charge in [-0.3, -0.25) is 5.41 Å². The number of thioether (sulfide) groups is 1. The molecule has 1 nitrogen and oxygen atoms in total. The molecule has 0 rings (SSSR count). The fourth-order valence-corrected chi connectivity index (χ4v) is 0.538. The topological polar surface area (TPSA) is 23.9 Å². The van der Waals surface area contributed by atoms with E-state index in [1.54, 1.807) is 5.41 Å². The SMILES string of the molecule is CC=CSC(=N)Cl. The van der Waals surface area contributed by atoms with Gasteiger partial charge in [0.05, 0.1) is 0 Å². The van der Waals surface area contributed by atoms with E-state index in [-0.39, 0.29) is 4.50 Å². The molecule has 0 saturated carbocycles. The highest BCUT2D eigenvalue weighted by Gasteiger charge is 1.80. The Morgan fingerprint density at radius 1 is 1.86 bits per heavy atom. The molecule has 0 spiro atoms. The maximum atomic E-state index is 6.67. The molecule has 0 aromatic carbocycles. The molecule has 0 atom stereocenters. The van der Waals surface area contributed by atoms with Gasteiger partial charge < -0.3 is 0 Å². The van der Waals surface area contributed by atoms with Gasteiger partial charge in [0.25, 0.3) is 0 Å². The molecule has 3 heteroatoms. The lowest BCUT2D eigenvalue weighted by Gasteiger charge is -1.79. The summed E-state index contributed by atoms with van der Waals surface area (Å²) in [5.74, 6) is 0. The molecule has 0 unspecified atom stereocenters. The summed E-state index contributed by atoms with van der Waals surface area (Å²) in [7, 11) is 0. The summed E-state index contributed by atoms with van der Waals surface area (Å²) >= 11 is 6.35. The van der Waals surface area contributed by atoms with E-state index in [1.807, 2.05) is 13.0 Å². The first-order valence-corrected chi connectivity index (χ1v) is 3.05. The van der Waals surface area contributed by atoms with E-state index in [0.29, 0.717) is 0 Å². The van der Waals surface area contributed by atoms with Gasteiger partial charge in [-0.15, -0.1) is 0 Å². The van der Waals surface area contributed by atoms with Crippen LogP contribution in [0.3, 0.4) is 0 Å². The van der Waals surface area contributed by atoms with Gasteiger partial charge in [0.2, 0.25) is 0 Å². The molecule has 0 aliphatic rings. The van der Waals surface area contributed by atoms with E-state index in [4.69, 9.17) is 17.0 Å². The van der Waals surface area contributed by atoms with Gasteiger partial charge in [0.1, 0.15) is 0 Å². The third-order valence-corrected chi connectivity index (χ3v) is 1.19. The van der Waals surface area contributed by atoms with Crippen LogP contribution in [0.15, 0.2) is 11.5 Å². The van der Waals surface area contributed by atoms with Crippen molar-refractivity contribution in [1.29, 1.82) is 5.41 Å². The Morgan fingerprint density at radius 2 is 2.43 bits per heavy atom. The van der Waals surface area contributed by atoms with Crippen molar-refractivity contribution in [1.82, 2.24) is 0 Å². The van der Waals surface area contributed by atoms with Crippen LogP contribution >= 0.6 is 23.4 Å². The smallest absolute Gasteiger partial charge is 0.159 e. The molecule has 0 fully saturated rings. The van der Waals surface area contributed by atoms with Gasteiger partial charge in [-0.05, 0) is 12.3 Å². The Morgan fingerprint density at radius 3 is 2.57 bits per heavy atom. The second-order valence-electron chi connectivity index (χ2n) is 0.861. The zero-order valence-electron chi connectivity index (χ0n) is 3.94. The summed E-state index contributed by atoms with van der Waals surface area (Å²) in [4.78, 5) is 0. The average Bonchev–Trinajstić information content (AvgIpc) is 1.61. The summed E-state index contributed by atoms with van der Waals surface area (Å²) in [6.45, 7) is 1.88. The Kier molecular flexibility index (Phi) is 4.25. The summed E-state index contributed by atoms with van der Waals surface area (Å²) < 4.78 is 0.109. The van der Waals surface area contributed by atoms with Crippen LogP contribution in [0, 0.1) is 5.41 Å². The largest absolute Gasteiger partial charge is 0.283 e. The second-order valence-corrected chi connectivity index (χ2v) is 2.38. The van der Waals surface area contributed by atoms with E-state index in [2.05, 4.69) is 0 Å². The fourth-order valence-electron chi connectivity index (χ4n) is 0.128. The molecule has 0 saturated heterocycles. The van der Waals surface area contributed by atoms with Crippen molar-refractivity contribution in [2.45, 2.75) is 6.92 Å². The molecule has 0 aromatic heterocycles. The number of halogens is 1. The molecule has 7 heavy (non-hydrogen) atoms. The van der Waals surface area contributed by atoms with Gasteiger partial charge in [0, 0.05) is 0 Å². The monoisotopic (exact) mass is 135 g/mol. The molecule has 0 radical (unpaired) electrons. The van der Waals surface area contributed by atoms with Crippen molar-refractivity contribution < 1.29 is 0 Å². The molecule has 0 aliphatic carbocycles. The Labute approximate surface area is 52.3 Å². The Balaban J connectivity index is 3.14. The van der Waals surface area contributed by atoms with E-state index in [9.17, 15) is 0 Å². The Bertz CT molecular complexity index is 89.7. The highest BCUT2D eigenvalue weighted by Crippen LogP contribution is 2.05. The minimum absolute atomic E-state index is 0.109. The molecule has 0 aliphatic heterocycles. The van der Waals surface area contributed by atoms with Crippen molar-refractivity contribution in [3.8, 4) is 0 Å². The van der Waals surface area contributed by atoms with Gasteiger partial charge in [-0.25, -0.2) is 0 Å². The van der Waals surface area contributed by atoms with E-state index in [0.717, 1.165) is 0 Å². The summed E-state index contributed by atoms with van der Waals surface area (Å²) in [6.07, 6.45) is 1.83. The molecule has 1 N–H and O–H groups in total. The summed E-state index contributed by atoms with van der Waals surface area (Å²) in [5.41, 5.74) is 0. The quantitative estimate of drug-likeness (QED) is 0.433. The first kappa shape index (κ1) is 7.05. The van der Waals surface area contributed by atoms with E-state index < -0.39 is 0 Å². The third-order valence-electron chi connectivity index (χ3n) is 0.308. The average molecular weight is 136 g/mol. The first-order chi connectivity index (χ1) is 3.27. The minimum Gasteiger partial charge on any atom is -0.283 e. The lowest BCUT2D eigenvalue weighted by Crippen LogP contribution is -1.64. The lowest BCUT2D eigenvalue weighted by molar-refractivity contribution is 1.59. The normalized spacial score (nSPS) is 10.0. The first-order valence-electron chi connectivity index (χ1n) is 1.79. The van der Waals surface area contributed by atoms with Crippen molar-refractivity contribution in [2.75, 3.05) is 0 Å². The number of nitrogens with one attached hydrogen (secondary N) is 1. The number of allylic oxidation sites excluding steroid dienone is 1. The summed E-state index contributed by atoms with van der Waals surface area (Å²) in [6, 6.07) is 0. The van der Waals surface area contributed by atoms with Crippen molar-refractivity contribution >= 4 is 27.9 Å². The highest BCUT2D eigenvalue weighted by atomic mass is 35.5. The zero-order chi connectivity index (χ0) is 5.70. The van der Waals surface area contributed by atoms with Crippen LogP contribution in [0.5, 0.6) is 0 Å². The van der Waals surface area contributed by atoms with Crippen LogP contribution in [-0.4, -0.2) is 4.50 Å². The van der Waals surface area contributed by atoms with Crippen molar-refractivity contribution in [3.05, 3.63) is 11.5 Å². The van der Waals surface area contributed by atoms with Gasteiger partial charge in [-0.2, -0.15) is 0 Å². The fraction of sp³-hybridized carbons (Fsp3) is 0.250. The lowest BCUT2D eigenvalue weighted by atomic mass is 10.8. The molecular formula is C4H6ClNS. The van der Waals surface area contributed by atoms with Gasteiger partial charge >= 0.3 is 0 Å². The molecule has 40 valence electrons. The zero-order valence-corrected chi connectivity index (χ0v) is 5.51. The third kappa shape index (κ3) is 6.05. The van der Waals surface area contributed by atoms with E-state index >= 15 is 0 Å². The maximum Gasteiger partial charge on any atom is 0.159 e. The van der Waals surface area contributed by atoms with Crippen LogP contribution in [0.4, 0.5) is 0 Å². The van der Waals surface area contributed by atoms with Crippen molar-refractivity contribution in [2.24, 2.45) is 0 Å². The number of rotatable bonds is 1. The molecule has 0 amide bonds. The summed E-state index contributed by atoms with van der Waals surface area (Å²) in [5, 5.41) is 8.43. The van der Waals surface area contributed by atoms with Crippen molar-refractivity contribution in [3.63, 3.8) is 0 Å². The van der Waals surface area contributed by atoms with E-state index in [1.165, 1.54) is 11.8 Å². The highest BCUT2D eigenvalue weighted by molar-refractivity contribution is 8.19. The standard InChI is InChI=1S/C4H6ClNS/c1-2-3-7-4(5)6/h2-3,6H,1H3. The molecule has 0 heterocycles. The predicted octanol–water partition coefficient (Wildman–Crippen LogP) is 2.43. The second kappa shape index (κ2) is 4.22. The van der Waals surface area contributed by atoms with Gasteiger partial charge in [0.15, 0.2) is 4.50 Å². The minimum atomic E-state index is 0.109. The molecule has 0 bridgehead atoms.